The van der Waals surface area contributed by atoms with E-state index in [-0.39, 0.29) is 5.91 Å². The molecule has 2 fully saturated rings. The predicted octanol–water partition coefficient (Wildman–Crippen LogP) is 1.45. The fourth-order valence-corrected chi connectivity index (χ4v) is 3.56. The first-order valence-corrected chi connectivity index (χ1v) is 8.96. The van der Waals surface area contributed by atoms with Crippen molar-refractivity contribution in [2.45, 2.75) is 32.1 Å². The van der Waals surface area contributed by atoms with Crippen LogP contribution in [0.25, 0.3) is 0 Å². The molecule has 3 heterocycles. The van der Waals surface area contributed by atoms with Crippen LogP contribution >= 0.6 is 0 Å². The number of aromatic nitrogens is 1. The number of nitrogens with zero attached hydrogens (tertiary/aromatic N) is 2. The second-order valence-corrected chi connectivity index (χ2v) is 6.80. The molecule has 2 saturated heterocycles. The van der Waals surface area contributed by atoms with E-state index in [9.17, 15) is 4.79 Å². The summed E-state index contributed by atoms with van der Waals surface area (Å²) < 4.78 is 0. The zero-order valence-corrected chi connectivity index (χ0v) is 13.9. The molecule has 5 heteroatoms. The van der Waals surface area contributed by atoms with Crippen LogP contribution in [0, 0.1) is 5.92 Å². The number of carbonyl (C=O) groups is 1. The van der Waals surface area contributed by atoms with Gasteiger partial charge in [0.15, 0.2) is 0 Å². The third-order valence-electron chi connectivity index (χ3n) is 4.91. The molecule has 0 aliphatic carbocycles. The van der Waals surface area contributed by atoms with Crippen molar-refractivity contribution in [2.75, 3.05) is 39.3 Å². The van der Waals surface area contributed by atoms with Gasteiger partial charge in [-0.25, -0.2) is 0 Å². The van der Waals surface area contributed by atoms with Gasteiger partial charge in [0.25, 0.3) is 5.91 Å². The van der Waals surface area contributed by atoms with E-state index in [4.69, 9.17) is 0 Å². The second-order valence-electron chi connectivity index (χ2n) is 6.80. The minimum Gasteiger partial charge on any atom is -0.351 e. The van der Waals surface area contributed by atoms with Crippen LogP contribution in [0.2, 0.25) is 0 Å². The number of hydrogen-bond acceptors (Lipinski definition) is 4. The van der Waals surface area contributed by atoms with Crippen molar-refractivity contribution < 1.29 is 4.79 Å². The van der Waals surface area contributed by atoms with E-state index in [2.05, 4.69) is 20.5 Å². The molecule has 5 nitrogen and oxygen atoms in total. The third kappa shape index (κ3) is 5.01. The minimum atomic E-state index is 0.000839. The Hall–Kier alpha value is -1.46. The fraction of sp³-hybridized carbons (Fsp3) is 0.667. The molecule has 0 bridgehead atoms. The van der Waals surface area contributed by atoms with Gasteiger partial charge >= 0.3 is 0 Å². The van der Waals surface area contributed by atoms with Crippen LogP contribution in [0.3, 0.4) is 0 Å². The predicted molar refractivity (Wildman–Crippen MR) is 91.5 cm³/mol. The van der Waals surface area contributed by atoms with E-state index in [1.165, 1.54) is 44.3 Å². The Morgan fingerprint density at radius 3 is 2.96 bits per heavy atom. The topological polar surface area (TPSA) is 57.3 Å². The molecule has 2 aliphatic heterocycles. The second kappa shape index (κ2) is 8.41. The zero-order chi connectivity index (χ0) is 15.9. The van der Waals surface area contributed by atoms with Crippen LogP contribution < -0.4 is 10.6 Å². The highest BCUT2D eigenvalue weighted by atomic mass is 16.1. The maximum Gasteiger partial charge on any atom is 0.252 e. The number of piperidine rings is 1. The van der Waals surface area contributed by atoms with Gasteiger partial charge in [0.1, 0.15) is 0 Å². The first-order chi connectivity index (χ1) is 11.3. The van der Waals surface area contributed by atoms with E-state index in [1.54, 1.807) is 6.20 Å². The van der Waals surface area contributed by atoms with Gasteiger partial charge < -0.3 is 15.5 Å². The molecule has 0 aromatic carbocycles. The summed E-state index contributed by atoms with van der Waals surface area (Å²) in [6.45, 7) is 6.19. The number of carbonyl (C=O) groups excluding carboxylic acids is 1. The lowest BCUT2D eigenvalue weighted by Crippen LogP contribution is -2.37. The Labute approximate surface area is 138 Å². The van der Waals surface area contributed by atoms with E-state index in [1.807, 2.05) is 12.3 Å². The molecule has 1 aromatic heterocycles. The molecule has 1 aromatic rings. The molecular formula is C18H28N4O. The summed E-state index contributed by atoms with van der Waals surface area (Å²) in [6.07, 6.45) is 9.71. The molecule has 0 spiro atoms. The highest BCUT2D eigenvalue weighted by Crippen LogP contribution is 2.15. The number of pyridine rings is 1. The van der Waals surface area contributed by atoms with Crippen molar-refractivity contribution in [3.8, 4) is 0 Å². The van der Waals surface area contributed by atoms with Crippen molar-refractivity contribution in [2.24, 2.45) is 5.92 Å². The van der Waals surface area contributed by atoms with Crippen molar-refractivity contribution in [3.63, 3.8) is 0 Å². The largest absolute Gasteiger partial charge is 0.351 e. The van der Waals surface area contributed by atoms with E-state index >= 15 is 0 Å². The van der Waals surface area contributed by atoms with Gasteiger partial charge in [-0.1, -0.05) is 6.42 Å². The van der Waals surface area contributed by atoms with Crippen molar-refractivity contribution in [3.05, 3.63) is 29.6 Å². The van der Waals surface area contributed by atoms with Crippen LogP contribution in [0.4, 0.5) is 0 Å². The Morgan fingerprint density at radius 1 is 1.30 bits per heavy atom. The van der Waals surface area contributed by atoms with Crippen LogP contribution in [-0.4, -0.2) is 55.1 Å². The SMILES string of the molecule is O=C(NCCN1CCCCC1)c1cncc(CC2CCNC2)c1. The van der Waals surface area contributed by atoms with Crippen LogP contribution in [0.15, 0.2) is 18.5 Å². The number of amides is 1. The molecule has 2 aliphatic rings. The quantitative estimate of drug-likeness (QED) is 0.834. The number of likely N-dealkylation sites (tertiary alicyclic amines) is 1. The summed E-state index contributed by atoms with van der Waals surface area (Å²) >= 11 is 0. The lowest BCUT2D eigenvalue weighted by molar-refractivity contribution is 0.0946. The van der Waals surface area contributed by atoms with Crippen LogP contribution in [-0.2, 0) is 6.42 Å². The highest BCUT2D eigenvalue weighted by molar-refractivity contribution is 5.94. The molecule has 126 valence electrons. The molecule has 1 atom stereocenters. The molecule has 23 heavy (non-hydrogen) atoms. The van der Waals surface area contributed by atoms with E-state index in [0.717, 1.165) is 32.6 Å². The molecule has 0 saturated carbocycles. The fourth-order valence-electron chi connectivity index (χ4n) is 3.56. The normalized spacial score (nSPS) is 22.2. The summed E-state index contributed by atoms with van der Waals surface area (Å²) in [5.74, 6) is 0.676. The molecule has 1 amide bonds. The first kappa shape index (κ1) is 16.4. The van der Waals surface area contributed by atoms with Gasteiger partial charge in [0, 0.05) is 25.5 Å². The van der Waals surface area contributed by atoms with E-state index < -0.39 is 0 Å². The highest BCUT2D eigenvalue weighted by Gasteiger charge is 2.16. The molecule has 1 unspecified atom stereocenters. The van der Waals surface area contributed by atoms with Crippen molar-refractivity contribution in [1.82, 2.24) is 20.5 Å². The number of rotatable bonds is 6. The molecule has 0 radical (unpaired) electrons. The Balaban J connectivity index is 1.46. The first-order valence-electron chi connectivity index (χ1n) is 8.96. The van der Waals surface area contributed by atoms with Gasteiger partial charge in [0.2, 0.25) is 0 Å². The lowest BCUT2D eigenvalue weighted by Gasteiger charge is -2.26. The maximum atomic E-state index is 12.3. The molecular weight excluding hydrogens is 288 g/mol. The van der Waals surface area contributed by atoms with E-state index in [0.29, 0.717) is 11.5 Å². The summed E-state index contributed by atoms with van der Waals surface area (Å²) in [5.41, 5.74) is 1.86. The average Bonchev–Trinajstić information content (AvgIpc) is 3.09. The maximum absolute atomic E-state index is 12.3. The smallest absolute Gasteiger partial charge is 0.252 e. The van der Waals surface area contributed by atoms with Crippen LogP contribution in [0.5, 0.6) is 0 Å². The van der Waals surface area contributed by atoms with Crippen molar-refractivity contribution >= 4 is 5.91 Å². The van der Waals surface area contributed by atoms with Gasteiger partial charge in [-0.3, -0.25) is 9.78 Å². The molecule has 2 N–H and O–H groups in total. The monoisotopic (exact) mass is 316 g/mol. The Bertz CT molecular complexity index is 507. The summed E-state index contributed by atoms with van der Waals surface area (Å²) in [6, 6.07) is 2.00. The standard InChI is InChI=1S/C18H28N4O/c23-18(21-6-9-22-7-2-1-3-8-22)17-11-16(13-20-14-17)10-15-4-5-19-12-15/h11,13-15,19H,1-10,12H2,(H,21,23). The number of nitrogens with one attached hydrogen (secondary N) is 2. The van der Waals surface area contributed by atoms with Gasteiger partial charge in [-0.05, 0) is 69.4 Å². The number of hydrogen-bond donors (Lipinski definition) is 2. The summed E-state index contributed by atoms with van der Waals surface area (Å²) in [7, 11) is 0. The van der Waals surface area contributed by atoms with Gasteiger partial charge in [0.05, 0.1) is 5.56 Å². The Kier molecular flexibility index (Phi) is 6.00. The van der Waals surface area contributed by atoms with Gasteiger partial charge in [-0.15, -0.1) is 0 Å². The minimum absolute atomic E-state index is 0.000839. The summed E-state index contributed by atoms with van der Waals surface area (Å²) in [5, 5.41) is 6.42. The lowest BCUT2D eigenvalue weighted by atomic mass is 9.99. The Morgan fingerprint density at radius 2 is 2.17 bits per heavy atom. The van der Waals surface area contributed by atoms with Crippen LogP contribution in [0.1, 0.15) is 41.6 Å². The van der Waals surface area contributed by atoms with Crippen molar-refractivity contribution in [1.29, 1.82) is 0 Å². The third-order valence-corrected chi connectivity index (χ3v) is 4.91. The average molecular weight is 316 g/mol. The summed E-state index contributed by atoms with van der Waals surface area (Å²) in [4.78, 5) is 19.0. The molecule has 3 rings (SSSR count). The zero-order valence-electron chi connectivity index (χ0n) is 13.9. The van der Waals surface area contributed by atoms with Gasteiger partial charge in [-0.2, -0.15) is 0 Å².